The molecule has 4 nitrogen and oxygen atoms in total. The average Bonchev–Trinajstić information content (AvgIpc) is 2.35. The van der Waals surface area contributed by atoms with Gasteiger partial charge in [-0.05, 0) is 18.2 Å². The largest absolute Gasteiger partial charge is 0.355 e. The number of anilines is 1. The Labute approximate surface area is 118 Å². The van der Waals surface area contributed by atoms with Gasteiger partial charge in [0.1, 0.15) is 0 Å². The lowest BCUT2D eigenvalue weighted by atomic mass is 10.2. The number of hydrogen-bond acceptors (Lipinski definition) is 3. The molecule has 0 spiro atoms. The van der Waals surface area contributed by atoms with Crippen molar-refractivity contribution in [1.82, 2.24) is 5.32 Å². The zero-order valence-corrected chi connectivity index (χ0v) is 12.6. The Bertz CT molecular complexity index is 467. The molecule has 0 saturated heterocycles. The molecular formula is C14H20N2O2S. The highest BCUT2D eigenvalue weighted by molar-refractivity contribution is 8.01. The minimum atomic E-state index is -0.167. The smallest absolute Gasteiger partial charge is 0.251 e. The predicted molar refractivity (Wildman–Crippen MR) is 80.7 cm³/mol. The molecule has 0 radical (unpaired) electrons. The standard InChI is InChI=1S/C14H20N2O2S/c1-14(2,3)19-9-12(17)16-11-7-5-6-10(8-11)13(18)15-4/h5-8H,9H2,1-4H3,(H,15,18)(H,16,17). The van der Waals surface area contributed by atoms with E-state index in [1.165, 1.54) is 0 Å². The van der Waals surface area contributed by atoms with Crippen molar-refractivity contribution in [2.24, 2.45) is 0 Å². The summed E-state index contributed by atoms with van der Waals surface area (Å²) in [7, 11) is 1.58. The summed E-state index contributed by atoms with van der Waals surface area (Å²) in [5, 5.41) is 5.35. The van der Waals surface area contributed by atoms with Crippen LogP contribution in [-0.2, 0) is 4.79 Å². The second-order valence-electron chi connectivity index (χ2n) is 5.11. The molecule has 1 aromatic carbocycles. The molecule has 0 bridgehead atoms. The molecule has 0 unspecified atom stereocenters. The van der Waals surface area contributed by atoms with Crippen molar-refractivity contribution in [3.63, 3.8) is 0 Å². The van der Waals surface area contributed by atoms with E-state index < -0.39 is 0 Å². The summed E-state index contributed by atoms with van der Waals surface area (Å²) in [6, 6.07) is 6.89. The van der Waals surface area contributed by atoms with Crippen LogP contribution < -0.4 is 10.6 Å². The third-order valence-electron chi connectivity index (χ3n) is 2.27. The van der Waals surface area contributed by atoms with E-state index in [2.05, 4.69) is 31.4 Å². The van der Waals surface area contributed by atoms with Crippen molar-refractivity contribution in [2.75, 3.05) is 18.1 Å². The Kier molecular flexibility index (Phi) is 5.42. The van der Waals surface area contributed by atoms with Gasteiger partial charge in [-0.2, -0.15) is 0 Å². The van der Waals surface area contributed by atoms with Crippen molar-refractivity contribution in [1.29, 1.82) is 0 Å². The van der Waals surface area contributed by atoms with Gasteiger partial charge in [0, 0.05) is 23.0 Å². The number of nitrogens with one attached hydrogen (secondary N) is 2. The van der Waals surface area contributed by atoms with Gasteiger partial charge in [-0.15, -0.1) is 11.8 Å². The first kappa shape index (κ1) is 15.6. The van der Waals surface area contributed by atoms with Crippen LogP contribution in [0.5, 0.6) is 0 Å². The van der Waals surface area contributed by atoms with Gasteiger partial charge < -0.3 is 10.6 Å². The van der Waals surface area contributed by atoms with E-state index in [1.54, 1.807) is 43.1 Å². The van der Waals surface area contributed by atoms with Gasteiger partial charge in [0.15, 0.2) is 0 Å². The molecule has 0 aliphatic heterocycles. The zero-order chi connectivity index (χ0) is 14.5. The number of carbonyl (C=O) groups excluding carboxylic acids is 2. The van der Waals surface area contributed by atoms with Gasteiger partial charge in [0.05, 0.1) is 5.75 Å². The van der Waals surface area contributed by atoms with Crippen molar-refractivity contribution in [3.05, 3.63) is 29.8 Å². The van der Waals surface area contributed by atoms with Crippen LogP contribution in [0.25, 0.3) is 0 Å². The Morgan fingerprint density at radius 1 is 1.26 bits per heavy atom. The van der Waals surface area contributed by atoms with Gasteiger partial charge in [0.2, 0.25) is 5.91 Å². The molecule has 2 N–H and O–H groups in total. The van der Waals surface area contributed by atoms with Crippen LogP contribution in [0.4, 0.5) is 5.69 Å². The maximum atomic E-state index is 11.8. The second-order valence-corrected chi connectivity index (χ2v) is 6.91. The lowest BCUT2D eigenvalue weighted by molar-refractivity contribution is -0.113. The molecule has 0 aromatic heterocycles. The summed E-state index contributed by atoms with van der Waals surface area (Å²) < 4.78 is 0.0568. The fourth-order valence-corrected chi connectivity index (χ4v) is 2.00. The third-order valence-corrected chi connectivity index (χ3v) is 3.54. The van der Waals surface area contributed by atoms with E-state index in [0.29, 0.717) is 17.0 Å². The summed E-state index contributed by atoms with van der Waals surface area (Å²) in [5.74, 6) is 0.169. The Balaban J connectivity index is 2.62. The molecule has 0 saturated carbocycles. The molecular weight excluding hydrogens is 260 g/mol. The summed E-state index contributed by atoms with van der Waals surface area (Å²) in [5.41, 5.74) is 1.17. The Morgan fingerprint density at radius 2 is 1.95 bits per heavy atom. The van der Waals surface area contributed by atoms with Crippen LogP contribution in [0.15, 0.2) is 24.3 Å². The Morgan fingerprint density at radius 3 is 2.53 bits per heavy atom. The Hall–Kier alpha value is -1.49. The van der Waals surface area contributed by atoms with Crippen molar-refractivity contribution in [3.8, 4) is 0 Å². The van der Waals surface area contributed by atoms with Crippen molar-refractivity contribution in [2.45, 2.75) is 25.5 Å². The third kappa shape index (κ3) is 5.79. The maximum absolute atomic E-state index is 11.8. The van der Waals surface area contributed by atoms with Crippen molar-refractivity contribution < 1.29 is 9.59 Å². The lowest BCUT2D eigenvalue weighted by Gasteiger charge is -2.17. The van der Waals surface area contributed by atoms with Gasteiger partial charge >= 0.3 is 0 Å². The number of rotatable bonds is 4. The number of thioether (sulfide) groups is 1. The zero-order valence-electron chi connectivity index (χ0n) is 11.7. The van der Waals surface area contributed by atoms with E-state index in [-0.39, 0.29) is 16.6 Å². The SMILES string of the molecule is CNC(=O)c1cccc(NC(=O)CSC(C)(C)C)c1. The first-order valence-corrected chi connectivity index (χ1v) is 7.06. The highest BCUT2D eigenvalue weighted by Gasteiger charge is 2.13. The normalized spacial score (nSPS) is 10.9. The minimum Gasteiger partial charge on any atom is -0.355 e. The molecule has 5 heteroatoms. The number of benzene rings is 1. The monoisotopic (exact) mass is 280 g/mol. The molecule has 0 heterocycles. The number of amides is 2. The van der Waals surface area contributed by atoms with E-state index in [1.807, 2.05) is 0 Å². The highest BCUT2D eigenvalue weighted by Crippen LogP contribution is 2.23. The van der Waals surface area contributed by atoms with Gasteiger partial charge in [0.25, 0.3) is 5.91 Å². The number of hydrogen-bond donors (Lipinski definition) is 2. The van der Waals surface area contributed by atoms with Crippen LogP contribution in [0, 0.1) is 0 Å². The van der Waals surface area contributed by atoms with Gasteiger partial charge in [-0.1, -0.05) is 26.8 Å². The molecule has 0 fully saturated rings. The molecule has 0 aliphatic carbocycles. The van der Waals surface area contributed by atoms with E-state index >= 15 is 0 Å². The van der Waals surface area contributed by atoms with Crippen LogP contribution in [0.2, 0.25) is 0 Å². The molecule has 19 heavy (non-hydrogen) atoms. The fourth-order valence-electron chi connectivity index (χ4n) is 1.36. The van der Waals surface area contributed by atoms with Gasteiger partial charge in [-0.3, -0.25) is 9.59 Å². The highest BCUT2D eigenvalue weighted by atomic mass is 32.2. The van der Waals surface area contributed by atoms with E-state index in [0.717, 1.165) is 0 Å². The lowest BCUT2D eigenvalue weighted by Crippen LogP contribution is -2.20. The summed E-state index contributed by atoms with van der Waals surface area (Å²) >= 11 is 1.58. The predicted octanol–water partition coefficient (Wildman–Crippen LogP) is 2.52. The maximum Gasteiger partial charge on any atom is 0.251 e. The van der Waals surface area contributed by atoms with Crippen LogP contribution in [0.3, 0.4) is 0 Å². The first-order valence-electron chi connectivity index (χ1n) is 6.08. The molecule has 104 valence electrons. The first-order chi connectivity index (χ1) is 8.81. The topological polar surface area (TPSA) is 58.2 Å². The average molecular weight is 280 g/mol. The van der Waals surface area contributed by atoms with Crippen molar-refractivity contribution >= 4 is 29.3 Å². The summed E-state index contributed by atoms with van der Waals surface area (Å²) in [6.07, 6.45) is 0. The quantitative estimate of drug-likeness (QED) is 0.891. The fraction of sp³-hybridized carbons (Fsp3) is 0.429. The number of carbonyl (C=O) groups is 2. The molecule has 1 aromatic rings. The molecule has 1 rings (SSSR count). The van der Waals surface area contributed by atoms with Crippen LogP contribution in [-0.4, -0.2) is 29.4 Å². The minimum absolute atomic E-state index is 0.0568. The van der Waals surface area contributed by atoms with Gasteiger partial charge in [-0.25, -0.2) is 0 Å². The van der Waals surface area contributed by atoms with Crippen LogP contribution >= 0.6 is 11.8 Å². The second kappa shape index (κ2) is 6.61. The van der Waals surface area contributed by atoms with Crippen LogP contribution in [0.1, 0.15) is 31.1 Å². The summed E-state index contributed by atoms with van der Waals surface area (Å²) in [6.45, 7) is 6.20. The molecule has 0 atom stereocenters. The van der Waals surface area contributed by atoms with E-state index in [9.17, 15) is 9.59 Å². The molecule has 2 amide bonds. The summed E-state index contributed by atoms with van der Waals surface area (Å²) in [4.78, 5) is 23.3. The van der Waals surface area contributed by atoms with E-state index in [4.69, 9.17) is 0 Å². The molecule has 0 aliphatic rings.